The van der Waals surface area contributed by atoms with E-state index in [4.69, 9.17) is 0 Å². The van der Waals surface area contributed by atoms with E-state index in [0.29, 0.717) is 18.7 Å². The number of hydrogen-bond acceptors (Lipinski definition) is 3. The Labute approximate surface area is 133 Å². The monoisotopic (exact) mass is 326 g/mol. The molecule has 0 N–H and O–H groups in total. The van der Waals surface area contributed by atoms with E-state index in [9.17, 15) is 18.4 Å². The molecule has 3 heterocycles. The number of nitrogens with zero attached hydrogens (tertiary/aromatic N) is 4. The van der Waals surface area contributed by atoms with Crippen molar-refractivity contribution in [3.05, 3.63) is 18.0 Å². The molecule has 0 saturated carbocycles. The van der Waals surface area contributed by atoms with Crippen LogP contribution < -0.4 is 0 Å². The van der Waals surface area contributed by atoms with Gasteiger partial charge < -0.3 is 9.80 Å². The summed E-state index contributed by atoms with van der Waals surface area (Å²) in [5, 5.41) is 4.10. The maximum atomic E-state index is 14.2. The van der Waals surface area contributed by atoms with Crippen LogP contribution in [0.1, 0.15) is 18.5 Å². The van der Waals surface area contributed by atoms with E-state index in [1.165, 1.54) is 4.90 Å². The highest BCUT2D eigenvalue weighted by Gasteiger charge is 2.56. The summed E-state index contributed by atoms with van der Waals surface area (Å²) < 4.78 is 29.9. The second kappa shape index (κ2) is 5.28. The van der Waals surface area contributed by atoms with E-state index in [0.717, 1.165) is 4.90 Å². The van der Waals surface area contributed by atoms with Crippen molar-refractivity contribution in [3.8, 4) is 0 Å². The zero-order chi connectivity index (χ0) is 16.8. The lowest BCUT2D eigenvalue weighted by molar-refractivity contribution is -0.162. The van der Waals surface area contributed by atoms with Crippen molar-refractivity contribution in [2.24, 2.45) is 12.5 Å². The van der Waals surface area contributed by atoms with Gasteiger partial charge in [0.05, 0.1) is 24.1 Å². The van der Waals surface area contributed by atoms with Gasteiger partial charge in [-0.2, -0.15) is 5.10 Å². The van der Waals surface area contributed by atoms with Gasteiger partial charge in [0.25, 0.3) is 5.92 Å². The largest absolute Gasteiger partial charge is 0.345 e. The number of halogens is 2. The molecule has 2 aliphatic rings. The molecule has 2 aliphatic heterocycles. The van der Waals surface area contributed by atoms with Crippen molar-refractivity contribution in [1.29, 1.82) is 0 Å². The lowest BCUT2D eigenvalue weighted by Gasteiger charge is -2.42. The molecular weight excluding hydrogens is 306 g/mol. The molecule has 1 unspecified atom stereocenters. The van der Waals surface area contributed by atoms with E-state index < -0.39 is 30.2 Å². The van der Waals surface area contributed by atoms with E-state index >= 15 is 0 Å². The normalized spacial score (nSPS) is 27.0. The van der Waals surface area contributed by atoms with E-state index in [2.05, 4.69) is 5.10 Å². The fourth-order valence-corrected chi connectivity index (χ4v) is 3.61. The van der Waals surface area contributed by atoms with Crippen LogP contribution in [0.5, 0.6) is 0 Å². The molecular formula is C15H20F2N4O2. The molecule has 3 rings (SSSR count). The number of piperidine rings is 1. The van der Waals surface area contributed by atoms with Gasteiger partial charge >= 0.3 is 0 Å². The Morgan fingerprint density at radius 2 is 2.09 bits per heavy atom. The van der Waals surface area contributed by atoms with Gasteiger partial charge in [0.2, 0.25) is 11.8 Å². The SMILES string of the molecule is CN1CCC2(CN(C(=O)Cc3ccn(C)n3)CC(F)(F)C2)C1=O. The number of carbonyl (C=O) groups excluding carboxylic acids is 2. The average molecular weight is 326 g/mol. The summed E-state index contributed by atoms with van der Waals surface area (Å²) in [6.07, 6.45) is 1.56. The van der Waals surface area contributed by atoms with Gasteiger partial charge in [0.1, 0.15) is 0 Å². The molecule has 126 valence electrons. The van der Waals surface area contributed by atoms with Gasteiger partial charge in [0, 0.05) is 39.8 Å². The maximum Gasteiger partial charge on any atom is 0.266 e. The van der Waals surface area contributed by atoms with Crippen LogP contribution in [0.15, 0.2) is 12.3 Å². The first-order valence-electron chi connectivity index (χ1n) is 7.61. The zero-order valence-corrected chi connectivity index (χ0v) is 13.3. The quantitative estimate of drug-likeness (QED) is 0.803. The number of rotatable bonds is 2. The van der Waals surface area contributed by atoms with Crippen LogP contribution in [-0.4, -0.2) is 64.0 Å². The number of hydrogen-bond donors (Lipinski definition) is 0. The maximum absolute atomic E-state index is 14.2. The zero-order valence-electron chi connectivity index (χ0n) is 13.3. The number of aromatic nitrogens is 2. The van der Waals surface area contributed by atoms with Crippen molar-refractivity contribution in [2.45, 2.75) is 25.2 Å². The number of aryl methyl sites for hydroxylation is 1. The first-order chi connectivity index (χ1) is 10.7. The van der Waals surface area contributed by atoms with Crippen LogP contribution in [0.4, 0.5) is 8.78 Å². The fraction of sp³-hybridized carbons (Fsp3) is 0.667. The predicted octanol–water partition coefficient (Wildman–Crippen LogP) is 0.679. The lowest BCUT2D eigenvalue weighted by atomic mass is 9.77. The highest BCUT2D eigenvalue weighted by Crippen LogP contribution is 2.45. The summed E-state index contributed by atoms with van der Waals surface area (Å²) in [6.45, 7) is -0.105. The van der Waals surface area contributed by atoms with E-state index in [1.807, 2.05) is 0 Å². The lowest BCUT2D eigenvalue weighted by Crippen LogP contribution is -2.57. The van der Waals surface area contributed by atoms with Crippen molar-refractivity contribution >= 4 is 11.8 Å². The van der Waals surface area contributed by atoms with Gasteiger partial charge in [-0.05, 0) is 12.5 Å². The summed E-state index contributed by atoms with van der Waals surface area (Å²) in [5.41, 5.74) is -0.605. The van der Waals surface area contributed by atoms with Crippen LogP contribution in [0.25, 0.3) is 0 Å². The molecule has 1 aromatic heterocycles. The Morgan fingerprint density at radius 3 is 2.65 bits per heavy atom. The second-order valence-corrected chi connectivity index (χ2v) is 6.70. The topological polar surface area (TPSA) is 58.4 Å². The number of carbonyl (C=O) groups is 2. The fourth-order valence-electron chi connectivity index (χ4n) is 3.61. The molecule has 2 amide bonds. The summed E-state index contributed by atoms with van der Waals surface area (Å²) in [4.78, 5) is 27.4. The van der Waals surface area contributed by atoms with Crippen molar-refractivity contribution in [2.75, 3.05) is 26.7 Å². The molecule has 0 bridgehead atoms. The summed E-state index contributed by atoms with van der Waals surface area (Å²) in [5.74, 6) is -3.74. The van der Waals surface area contributed by atoms with E-state index in [1.54, 1.807) is 31.0 Å². The third-order valence-corrected chi connectivity index (χ3v) is 4.69. The third kappa shape index (κ3) is 2.94. The molecule has 1 spiro atoms. The van der Waals surface area contributed by atoms with Crippen LogP contribution in [-0.2, 0) is 23.1 Å². The second-order valence-electron chi connectivity index (χ2n) is 6.70. The van der Waals surface area contributed by atoms with Crippen molar-refractivity contribution in [3.63, 3.8) is 0 Å². The Balaban J connectivity index is 1.79. The number of likely N-dealkylation sites (tertiary alicyclic amines) is 2. The molecule has 0 aliphatic carbocycles. The highest BCUT2D eigenvalue weighted by atomic mass is 19.3. The van der Waals surface area contributed by atoms with Crippen molar-refractivity contribution in [1.82, 2.24) is 19.6 Å². The van der Waals surface area contributed by atoms with Gasteiger partial charge in [-0.3, -0.25) is 14.3 Å². The van der Waals surface area contributed by atoms with Crippen LogP contribution in [0.2, 0.25) is 0 Å². The average Bonchev–Trinajstić information content (AvgIpc) is 2.97. The van der Waals surface area contributed by atoms with Crippen LogP contribution in [0.3, 0.4) is 0 Å². The van der Waals surface area contributed by atoms with Gasteiger partial charge in [0.15, 0.2) is 0 Å². The first kappa shape index (κ1) is 15.9. The van der Waals surface area contributed by atoms with Gasteiger partial charge in [-0.25, -0.2) is 8.78 Å². The van der Waals surface area contributed by atoms with Gasteiger partial charge in [-0.1, -0.05) is 0 Å². The molecule has 8 heteroatoms. The predicted molar refractivity (Wildman–Crippen MR) is 77.7 cm³/mol. The Morgan fingerprint density at radius 1 is 1.35 bits per heavy atom. The summed E-state index contributed by atoms with van der Waals surface area (Å²) >= 11 is 0. The molecule has 6 nitrogen and oxygen atoms in total. The molecule has 2 saturated heterocycles. The van der Waals surface area contributed by atoms with Crippen LogP contribution >= 0.6 is 0 Å². The molecule has 0 radical (unpaired) electrons. The Bertz CT molecular complexity index is 645. The summed E-state index contributed by atoms with van der Waals surface area (Å²) in [7, 11) is 3.34. The van der Waals surface area contributed by atoms with Gasteiger partial charge in [-0.15, -0.1) is 0 Å². The molecule has 2 fully saturated rings. The molecule has 0 aromatic carbocycles. The minimum absolute atomic E-state index is 0.0307. The Hall–Kier alpha value is -1.99. The molecule has 1 aromatic rings. The standard InChI is InChI=1S/C15H20F2N4O2/c1-19-6-4-14(13(19)23)8-15(16,17)10-21(9-14)12(22)7-11-3-5-20(2)18-11/h3,5H,4,6-10H2,1-2H3. The van der Waals surface area contributed by atoms with Crippen LogP contribution in [0, 0.1) is 5.41 Å². The molecule has 1 atom stereocenters. The Kier molecular flexibility index (Phi) is 3.65. The van der Waals surface area contributed by atoms with Crippen molar-refractivity contribution < 1.29 is 18.4 Å². The molecule has 23 heavy (non-hydrogen) atoms. The minimum atomic E-state index is -3.04. The number of alkyl halides is 2. The van der Waals surface area contributed by atoms with E-state index in [-0.39, 0.29) is 18.9 Å². The third-order valence-electron chi connectivity index (χ3n) is 4.69. The highest BCUT2D eigenvalue weighted by molar-refractivity contribution is 5.86. The summed E-state index contributed by atoms with van der Waals surface area (Å²) in [6, 6.07) is 1.68. The smallest absolute Gasteiger partial charge is 0.266 e. The minimum Gasteiger partial charge on any atom is -0.345 e. The number of amides is 2. The first-order valence-corrected chi connectivity index (χ1v) is 7.61.